The van der Waals surface area contributed by atoms with Gasteiger partial charge in [-0.15, -0.1) is 0 Å². The van der Waals surface area contributed by atoms with Gasteiger partial charge in [0.25, 0.3) is 0 Å². The van der Waals surface area contributed by atoms with E-state index >= 15 is 0 Å². The lowest BCUT2D eigenvalue weighted by Crippen LogP contribution is -2.66. The highest BCUT2D eigenvalue weighted by atomic mass is 16.7. The van der Waals surface area contributed by atoms with Crippen molar-refractivity contribution in [2.75, 3.05) is 41.8 Å². The number of fused-ring (bicyclic) bond motifs is 4. The minimum atomic E-state index is -1.02. The van der Waals surface area contributed by atoms with Crippen LogP contribution in [0.1, 0.15) is 35.1 Å². The number of allylic oxidation sites excluding steroid dienone is 1. The molecule has 38 heavy (non-hydrogen) atoms. The SMILES string of the molecule is COC(=O)NN1C(C)=C(C(=O)OC)C2c3ccc(OC)c(OC)c3CN3CCc4cc5c(cc4C231)OCO5. The molecule has 2 atom stereocenters. The summed E-state index contributed by atoms with van der Waals surface area (Å²) in [6.45, 7) is 3.04. The molecule has 0 aromatic heterocycles. The number of amides is 1. The Morgan fingerprint density at radius 3 is 2.50 bits per heavy atom. The molecule has 200 valence electrons. The summed E-state index contributed by atoms with van der Waals surface area (Å²) in [7, 11) is 5.86. The predicted molar refractivity (Wildman–Crippen MR) is 133 cm³/mol. The first kappa shape index (κ1) is 24.2. The van der Waals surface area contributed by atoms with E-state index in [4.69, 9.17) is 28.4 Å². The minimum absolute atomic E-state index is 0.132. The van der Waals surface area contributed by atoms with E-state index in [9.17, 15) is 9.59 Å². The molecule has 2 aromatic carbocycles. The first-order chi connectivity index (χ1) is 18.4. The van der Waals surface area contributed by atoms with Gasteiger partial charge >= 0.3 is 12.1 Å². The average molecular weight is 524 g/mol. The number of nitrogens with one attached hydrogen (secondary N) is 1. The number of carbonyl (C=O) groups is 2. The zero-order valence-corrected chi connectivity index (χ0v) is 21.9. The van der Waals surface area contributed by atoms with Crippen molar-refractivity contribution in [3.63, 3.8) is 0 Å². The zero-order valence-electron chi connectivity index (χ0n) is 21.9. The van der Waals surface area contributed by atoms with E-state index in [0.717, 1.165) is 28.7 Å². The van der Waals surface area contributed by atoms with Crippen LogP contribution in [0.25, 0.3) is 0 Å². The fraction of sp³-hybridized carbons (Fsp3) is 0.407. The van der Waals surface area contributed by atoms with Gasteiger partial charge in [-0.1, -0.05) is 6.07 Å². The summed E-state index contributed by atoms with van der Waals surface area (Å²) in [4.78, 5) is 28.4. The molecule has 6 rings (SSSR count). The van der Waals surface area contributed by atoms with Gasteiger partial charge in [0.05, 0.1) is 39.9 Å². The van der Waals surface area contributed by atoms with Gasteiger partial charge in [0.1, 0.15) is 0 Å². The monoisotopic (exact) mass is 523 g/mol. The molecule has 0 bridgehead atoms. The van der Waals surface area contributed by atoms with Gasteiger partial charge in [0.15, 0.2) is 28.7 Å². The third-order valence-corrected chi connectivity index (χ3v) is 8.02. The fourth-order valence-electron chi connectivity index (χ4n) is 6.53. The fourth-order valence-corrected chi connectivity index (χ4v) is 6.53. The van der Waals surface area contributed by atoms with Crippen LogP contribution in [0.5, 0.6) is 23.0 Å². The zero-order chi connectivity index (χ0) is 26.8. The highest BCUT2D eigenvalue weighted by Crippen LogP contribution is 2.62. The van der Waals surface area contributed by atoms with Crippen molar-refractivity contribution in [2.45, 2.75) is 31.5 Å². The van der Waals surface area contributed by atoms with Crippen LogP contribution >= 0.6 is 0 Å². The number of methoxy groups -OCH3 is 4. The number of hydrogen-bond acceptors (Lipinski definition) is 10. The first-order valence-corrected chi connectivity index (χ1v) is 12.3. The van der Waals surface area contributed by atoms with Crippen LogP contribution in [0.2, 0.25) is 0 Å². The topological polar surface area (TPSA) is 108 Å². The molecule has 4 heterocycles. The van der Waals surface area contributed by atoms with E-state index in [1.165, 1.54) is 14.2 Å². The summed E-state index contributed by atoms with van der Waals surface area (Å²) in [6, 6.07) is 7.75. The van der Waals surface area contributed by atoms with Crippen LogP contribution in [0, 0.1) is 0 Å². The Labute approximate surface area is 219 Å². The molecular weight excluding hydrogens is 494 g/mol. The molecule has 4 aliphatic heterocycles. The van der Waals surface area contributed by atoms with Gasteiger partial charge in [0.2, 0.25) is 6.79 Å². The van der Waals surface area contributed by atoms with Crippen LogP contribution in [0.4, 0.5) is 4.79 Å². The van der Waals surface area contributed by atoms with Gasteiger partial charge in [-0.2, -0.15) is 0 Å². The van der Waals surface area contributed by atoms with Crippen molar-refractivity contribution in [2.24, 2.45) is 0 Å². The third-order valence-electron chi connectivity index (χ3n) is 8.02. The molecule has 0 aliphatic carbocycles. The number of hydrogen-bond donors (Lipinski definition) is 1. The summed E-state index contributed by atoms with van der Waals surface area (Å²) in [5.74, 6) is 1.44. The summed E-state index contributed by atoms with van der Waals surface area (Å²) >= 11 is 0. The van der Waals surface area contributed by atoms with E-state index in [-0.39, 0.29) is 6.79 Å². The molecule has 11 heteroatoms. The van der Waals surface area contributed by atoms with Crippen LogP contribution in [0.3, 0.4) is 0 Å². The van der Waals surface area contributed by atoms with Gasteiger partial charge in [-0.3, -0.25) is 9.91 Å². The van der Waals surface area contributed by atoms with Crippen molar-refractivity contribution in [3.05, 3.63) is 57.8 Å². The van der Waals surface area contributed by atoms with Crippen LogP contribution in [-0.4, -0.2) is 63.7 Å². The molecule has 0 saturated carbocycles. The Balaban J connectivity index is 1.69. The Kier molecular flexibility index (Phi) is 5.56. The number of benzene rings is 2. The van der Waals surface area contributed by atoms with Gasteiger partial charge in [-0.25, -0.2) is 15.0 Å². The molecule has 11 nitrogen and oxygen atoms in total. The van der Waals surface area contributed by atoms with E-state index in [0.29, 0.717) is 47.4 Å². The van der Waals surface area contributed by atoms with Crippen LogP contribution < -0.4 is 24.4 Å². The number of ether oxygens (including phenoxy) is 6. The van der Waals surface area contributed by atoms with Crippen molar-refractivity contribution in [3.8, 4) is 23.0 Å². The Morgan fingerprint density at radius 2 is 1.82 bits per heavy atom. The summed E-state index contributed by atoms with van der Waals surface area (Å²) in [5, 5.41) is 1.75. The number of carbonyl (C=O) groups excluding carboxylic acids is 2. The molecular formula is C27H29N3O8. The lowest BCUT2D eigenvalue weighted by Gasteiger charge is -2.57. The average Bonchev–Trinajstić information content (AvgIpc) is 3.50. The largest absolute Gasteiger partial charge is 0.493 e. The van der Waals surface area contributed by atoms with Gasteiger partial charge in [-0.05, 0) is 42.7 Å². The van der Waals surface area contributed by atoms with Gasteiger partial charge in [0, 0.05) is 29.9 Å². The predicted octanol–water partition coefficient (Wildman–Crippen LogP) is 2.77. The molecule has 0 radical (unpaired) electrons. The van der Waals surface area contributed by atoms with Crippen LogP contribution in [0.15, 0.2) is 35.5 Å². The number of rotatable bonds is 4. The quantitative estimate of drug-likeness (QED) is 0.601. The normalized spacial score (nSPS) is 22.7. The maximum absolute atomic E-state index is 13.5. The third kappa shape index (κ3) is 3.05. The van der Waals surface area contributed by atoms with Crippen molar-refractivity contribution in [1.82, 2.24) is 15.3 Å². The molecule has 1 N–H and O–H groups in total. The molecule has 0 fully saturated rings. The number of hydrazine groups is 1. The summed E-state index contributed by atoms with van der Waals surface area (Å²) < 4.78 is 33.2. The second-order valence-electron chi connectivity index (χ2n) is 9.49. The Hall–Kier alpha value is -4.12. The van der Waals surface area contributed by atoms with E-state index < -0.39 is 23.6 Å². The van der Waals surface area contributed by atoms with Crippen molar-refractivity contribution in [1.29, 1.82) is 0 Å². The van der Waals surface area contributed by atoms with Crippen LogP contribution in [-0.2, 0) is 32.9 Å². The maximum atomic E-state index is 13.5. The summed E-state index contributed by atoms with van der Waals surface area (Å²) in [6.07, 6.45) is 0.0651. The smallest absolute Gasteiger partial charge is 0.425 e. The van der Waals surface area contributed by atoms with E-state index in [2.05, 4.69) is 10.3 Å². The molecule has 1 amide bonds. The summed E-state index contributed by atoms with van der Waals surface area (Å²) in [5.41, 5.74) is 6.56. The molecule has 0 saturated heterocycles. The minimum Gasteiger partial charge on any atom is -0.493 e. The maximum Gasteiger partial charge on any atom is 0.425 e. The van der Waals surface area contributed by atoms with Crippen molar-refractivity contribution < 1.29 is 38.0 Å². The highest BCUT2D eigenvalue weighted by molar-refractivity contribution is 5.93. The van der Waals surface area contributed by atoms with E-state index in [1.54, 1.807) is 26.2 Å². The van der Waals surface area contributed by atoms with Crippen molar-refractivity contribution >= 4 is 12.1 Å². The molecule has 1 spiro atoms. The highest BCUT2D eigenvalue weighted by Gasteiger charge is 2.64. The molecule has 4 aliphatic rings. The lowest BCUT2D eigenvalue weighted by atomic mass is 9.69. The number of esters is 1. The first-order valence-electron chi connectivity index (χ1n) is 12.3. The molecule has 2 aromatic rings. The number of nitrogens with zero attached hydrogens (tertiary/aromatic N) is 2. The Bertz CT molecular complexity index is 1390. The Morgan fingerprint density at radius 1 is 1.05 bits per heavy atom. The molecule has 2 unspecified atom stereocenters. The lowest BCUT2D eigenvalue weighted by molar-refractivity contribution is -0.137. The standard InChI is InChI=1S/C27H29N3O8/c1-14-22(25(31)35-4)23-16-6-7-19(33-2)24(34-3)17(16)12-29-9-8-15-10-20-21(38-13-37-20)11-18(15)27(23,29)30(14)28-26(32)36-5/h6-7,10-11,23H,8-9,12-13H2,1-5H3,(H,28,32). The second kappa shape index (κ2) is 8.73. The van der Waals surface area contributed by atoms with Gasteiger partial charge < -0.3 is 28.4 Å². The second-order valence-corrected chi connectivity index (χ2v) is 9.49. The van der Waals surface area contributed by atoms with E-state index in [1.807, 2.05) is 24.3 Å².